The van der Waals surface area contributed by atoms with Gasteiger partial charge in [-0.3, -0.25) is 9.59 Å². The lowest BCUT2D eigenvalue weighted by Crippen LogP contribution is -2.26. The van der Waals surface area contributed by atoms with E-state index >= 15 is 0 Å². The number of nitriles is 1. The number of esters is 1. The highest BCUT2D eigenvalue weighted by molar-refractivity contribution is 9.10. The first-order chi connectivity index (χ1) is 14.5. The SMILES string of the molecule is CCOC(=O)C(Br)C(=O)c1ccc(OCCCCCOc2ccc(C#N)cc2)cc1. The quantitative estimate of drug-likeness (QED) is 0.146. The summed E-state index contributed by atoms with van der Waals surface area (Å²) in [4.78, 5) is 22.9. The number of nitrogens with zero attached hydrogens (tertiary/aromatic N) is 1. The normalized spacial score (nSPS) is 11.2. The van der Waals surface area contributed by atoms with E-state index in [2.05, 4.69) is 22.0 Å². The maximum atomic E-state index is 12.3. The van der Waals surface area contributed by atoms with Gasteiger partial charge in [0.05, 0.1) is 31.5 Å². The smallest absolute Gasteiger partial charge is 0.327 e. The van der Waals surface area contributed by atoms with Crippen molar-refractivity contribution in [1.29, 1.82) is 5.26 Å². The van der Waals surface area contributed by atoms with Gasteiger partial charge in [-0.05, 0) is 74.7 Å². The van der Waals surface area contributed by atoms with Crippen molar-refractivity contribution < 1.29 is 23.8 Å². The van der Waals surface area contributed by atoms with Gasteiger partial charge in [0.15, 0.2) is 10.6 Å². The minimum absolute atomic E-state index is 0.225. The first kappa shape index (κ1) is 23.4. The van der Waals surface area contributed by atoms with E-state index < -0.39 is 10.8 Å². The van der Waals surface area contributed by atoms with Crippen LogP contribution < -0.4 is 9.47 Å². The van der Waals surface area contributed by atoms with Crippen LogP contribution in [0.15, 0.2) is 48.5 Å². The zero-order valence-electron chi connectivity index (χ0n) is 16.8. The van der Waals surface area contributed by atoms with Gasteiger partial charge in [-0.1, -0.05) is 15.9 Å². The fraction of sp³-hybridized carbons (Fsp3) is 0.348. The maximum Gasteiger partial charge on any atom is 0.327 e. The summed E-state index contributed by atoms with van der Waals surface area (Å²) in [5, 5.41) is 8.77. The van der Waals surface area contributed by atoms with Crippen molar-refractivity contribution in [1.82, 2.24) is 0 Å². The fourth-order valence-corrected chi connectivity index (χ4v) is 2.97. The number of carbonyl (C=O) groups is 2. The Morgan fingerprint density at radius 2 is 1.47 bits per heavy atom. The Bertz CT molecular complexity index is 859. The molecule has 2 aromatic rings. The number of Topliss-reactive ketones (excluding diaryl/α,β-unsaturated/α-hetero) is 1. The van der Waals surface area contributed by atoms with Gasteiger partial charge in [-0.2, -0.15) is 5.26 Å². The molecule has 0 aliphatic carbocycles. The number of halogens is 1. The monoisotopic (exact) mass is 473 g/mol. The van der Waals surface area contributed by atoms with E-state index in [0.717, 1.165) is 25.0 Å². The Morgan fingerprint density at radius 1 is 0.933 bits per heavy atom. The average Bonchev–Trinajstić information content (AvgIpc) is 2.78. The summed E-state index contributed by atoms with van der Waals surface area (Å²) >= 11 is 3.08. The highest BCUT2D eigenvalue weighted by atomic mass is 79.9. The van der Waals surface area contributed by atoms with E-state index in [1.54, 1.807) is 55.5 Å². The maximum absolute atomic E-state index is 12.3. The van der Waals surface area contributed by atoms with Gasteiger partial charge in [0.2, 0.25) is 0 Å². The molecule has 7 heteroatoms. The third kappa shape index (κ3) is 7.53. The lowest BCUT2D eigenvalue weighted by atomic mass is 10.1. The van der Waals surface area contributed by atoms with Gasteiger partial charge >= 0.3 is 5.97 Å². The molecule has 0 aromatic heterocycles. The zero-order valence-corrected chi connectivity index (χ0v) is 18.4. The summed E-state index contributed by atoms with van der Waals surface area (Å²) in [6.07, 6.45) is 2.73. The first-order valence-corrected chi connectivity index (χ1v) is 10.7. The molecule has 0 spiro atoms. The summed E-state index contributed by atoms with van der Waals surface area (Å²) in [7, 11) is 0. The van der Waals surface area contributed by atoms with Crippen molar-refractivity contribution in [2.75, 3.05) is 19.8 Å². The number of benzene rings is 2. The predicted octanol–water partition coefficient (Wildman–Crippen LogP) is 4.70. The lowest BCUT2D eigenvalue weighted by molar-refractivity contribution is -0.141. The highest BCUT2D eigenvalue weighted by Crippen LogP contribution is 2.17. The van der Waals surface area contributed by atoms with E-state index in [1.807, 2.05) is 0 Å². The summed E-state index contributed by atoms with van der Waals surface area (Å²) in [6.45, 7) is 3.09. The highest BCUT2D eigenvalue weighted by Gasteiger charge is 2.25. The van der Waals surface area contributed by atoms with E-state index in [-0.39, 0.29) is 12.4 Å². The van der Waals surface area contributed by atoms with Crippen molar-refractivity contribution in [3.63, 3.8) is 0 Å². The molecule has 30 heavy (non-hydrogen) atoms. The van der Waals surface area contributed by atoms with Crippen LogP contribution in [-0.4, -0.2) is 36.4 Å². The molecule has 0 bridgehead atoms. The molecular weight excluding hydrogens is 450 g/mol. The van der Waals surface area contributed by atoms with Crippen molar-refractivity contribution in [2.24, 2.45) is 0 Å². The fourth-order valence-electron chi connectivity index (χ4n) is 2.57. The molecule has 0 amide bonds. The second kappa shape index (κ2) is 12.7. The Hall–Kier alpha value is -2.85. The second-order valence-electron chi connectivity index (χ2n) is 6.40. The number of hydrogen-bond acceptors (Lipinski definition) is 6. The van der Waals surface area contributed by atoms with Gasteiger partial charge in [-0.15, -0.1) is 0 Å². The van der Waals surface area contributed by atoms with Gasteiger partial charge in [0, 0.05) is 5.56 Å². The predicted molar refractivity (Wildman–Crippen MR) is 116 cm³/mol. The Kier molecular flexibility index (Phi) is 9.88. The third-order valence-corrected chi connectivity index (χ3v) is 4.96. The van der Waals surface area contributed by atoms with Gasteiger partial charge in [0.25, 0.3) is 0 Å². The molecule has 6 nitrogen and oxygen atoms in total. The molecule has 2 rings (SSSR count). The average molecular weight is 474 g/mol. The molecule has 0 saturated carbocycles. The third-order valence-electron chi connectivity index (χ3n) is 4.17. The van der Waals surface area contributed by atoms with Crippen LogP contribution in [0.4, 0.5) is 0 Å². The Balaban J connectivity index is 1.63. The van der Waals surface area contributed by atoms with E-state index in [0.29, 0.717) is 30.1 Å². The van der Waals surface area contributed by atoms with E-state index in [4.69, 9.17) is 19.5 Å². The van der Waals surface area contributed by atoms with Crippen molar-refractivity contribution in [2.45, 2.75) is 31.0 Å². The molecule has 2 aromatic carbocycles. The summed E-state index contributed by atoms with van der Waals surface area (Å²) in [6, 6.07) is 15.8. The molecule has 0 saturated heterocycles. The van der Waals surface area contributed by atoms with Crippen molar-refractivity contribution in [3.05, 3.63) is 59.7 Å². The first-order valence-electron chi connectivity index (χ1n) is 9.76. The largest absolute Gasteiger partial charge is 0.494 e. The van der Waals surface area contributed by atoms with E-state index in [1.165, 1.54) is 0 Å². The van der Waals surface area contributed by atoms with Crippen LogP contribution in [0.5, 0.6) is 11.5 Å². The number of alkyl halides is 1. The van der Waals surface area contributed by atoms with E-state index in [9.17, 15) is 9.59 Å². The van der Waals surface area contributed by atoms with Crippen LogP contribution in [0.1, 0.15) is 42.1 Å². The molecule has 1 unspecified atom stereocenters. The van der Waals surface area contributed by atoms with Gasteiger partial charge < -0.3 is 14.2 Å². The van der Waals surface area contributed by atoms with Crippen LogP contribution in [0.3, 0.4) is 0 Å². The van der Waals surface area contributed by atoms with Crippen LogP contribution in [-0.2, 0) is 9.53 Å². The van der Waals surface area contributed by atoms with Crippen LogP contribution in [0, 0.1) is 11.3 Å². The Labute approximate surface area is 184 Å². The van der Waals surface area contributed by atoms with Crippen LogP contribution in [0.25, 0.3) is 0 Å². The topological polar surface area (TPSA) is 85.6 Å². The molecule has 0 radical (unpaired) electrons. The second-order valence-corrected chi connectivity index (χ2v) is 7.31. The molecule has 158 valence electrons. The zero-order chi connectivity index (χ0) is 21.8. The minimum atomic E-state index is -1.00. The van der Waals surface area contributed by atoms with Crippen molar-refractivity contribution >= 4 is 27.7 Å². The number of hydrogen-bond donors (Lipinski definition) is 0. The standard InChI is InChI=1S/C23H24BrNO5/c1-2-28-23(27)21(24)22(26)18-8-12-20(13-9-18)30-15-5-3-4-14-29-19-10-6-17(16-25)7-11-19/h6-13,21H,2-5,14-15H2,1H3. The van der Waals surface area contributed by atoms with Gasteiger partial charge in [-0.25, -0.2) is 0 Å². The molecule has 0 aliphatic rings. The summed E-state index contributed by atoms with van der Waals surface area (Å²) in [5.41, 5.74) is 1.03. The molecule has 0 N–H and O–H groups in total. The van der Waals surface area contributed by atoms with Gasteiger partial charge in [0.1, 0.15) is 11.5 Å². The summed E-state index contributed by atoms with van der Waals surface area (Å²) < 4.78 is 16.2. The number of ether oxygens (including phenoxy) is 3. The lowest BCUT2D eigenvalue weighted by Gasteiger charge is -2.10. The number of rotatable bonds is 12. The molecular formula is C23H24BrNO5. The summed E-state index contributed by atoms with van der Waals surface area (Å²) in [5.74, 6) is 0.490. The molecule has 1 atom stereocenters. The van der Waals surface area contributed by atoms with Crippen LogP contribution >= 0.6 is 15.9 Å². The molecule has 0 fully saturated rings. The number of carbonyl (C=O) groups excluding carboxylic acids is 2. The van der Waals surface area contributed by atoms with Crippen LogP contribution in [0.2, 0.25) is 0 Å². The Morgan fingerprint density at radius 3 is 1.97 bits per heavy atom. The minimum Gasteiger partial charge on any atom is -0.494 e. The van der Waals surface area contributed by atoms with Crippen molar-refractivity contribution in [3.8, 4) is 17.6 Å². The molecule has 0 heterocycles. The molecule has 0 aliphatic heterocycles. The number of ketones is 1. The number of unbranched alkanes of at least 4 members (excludes halogenated alkanes) is 2.